The van der Waals surface area contributed by atoms with E-state index in [9.17, 15) is 4.79 Å². The molecule has 2 heterocycles. The maximum absolute atomic E-state index is 12.7. The molecule has 0 aliphatic carbocycles. The van der Waals surface area contributed by atoms with Gasteiger partial charge in [0, 0.05) is 36.6 Å². The molecule has 1 aliphatic heterocycles. The molecule has 1 aliphatic rings. The van der Waals surface area contributed by atoms with Crippen LogP contribution in [0.2, 0.25) is 0 Å². The number of carbonyl (C=O) groups is 1. The van der Waals surface area contributed by atoms with Crippen LogP contribution in [0.4, 0.5) is 10.5 Å². The Morgan fingerprint density at radius 1 is 1.18 bits per heavy atom. The summed E-state index contributed by atoms with van der Waals surface area (Å²) in [4.78, 5) is 19.1. The quantitative estimate of drug-likeness (QED) is 0.734. The summed E-state index contributed by atoms with van der Waals surface area (Å²) in [6.07, 6.45) is 2.65. The number of aromatic nitrogens is 2. The smallest absolute Gasteiger partial charge is 0.318 e. The van der Waals surface area contributed by atoms with Crippen LogP contribution in [0.15, 0.2) is 54.9 Å². The van der Waals surface area contributed by atoms with E-state index in [0.717, 1.165) is 35.6 Å². The van der Waals surface area contributed by atoms with Gasteiger partial charge >= 0.3 is 6.03 Å². The van der Waals surface area contributed by atoms with E-state index in [4.69, 9.17) is 0 Å². The predicted octanol–water partition coefficient (Wildman–Crippen LogP) is 3.49. The molecule has 2 amide bonds. The van der Waals surface area contributed by atoms with Gasteiger partial charge in [0.05, 0.1) is 18.6 Å². The van der Waals surface area contributed by atoms with Gasteiger partial charge in [-0.15, -0.1) is 0 Å². The average molecular weight is 375 g/mol. The minimum absolute atomic E-state index is 0.0860. The van der Waals surface area contributed by atoms with Crippen LogP contribution in [-0.4, -0.2) is 34.1 Å². The van der Waals surface area contributed by atoms with Gasteiger partial charge in [-0.05, 0) is 43.8 Å². The number of hydrogen-bond donors (Lipinski definition) is 2. The fourth-order valence-electron chi connectivity index (χ4n) is 3.58. The molecule has 6 nitrogen and oxygen atoms in total. The van der Waals surface area contributed by atoms with Crippen molar-refractivity contribution in [2.75, 3.05) is 18.9 Å². The molecule has 1 aromatic heterocycles. The molecular weight excluding hydrogens is 350 g/mol. The zero-order chi connectivity index (χ0) is 19.5. The number of nitrogens with zero attached hydrogens (tertiary/aromatic N) is 3. The Kier molecular flexibility index (Phi) is 5.12. The van der Waals surface area contributed by atoms with Crippen molar-refractivity contribution < 1.29 is 4.79 Å². The normalized spacial score (nSPS) is 13.3. The second-order valence-corrected chi connectivity index (χ2v) is 7.18. The number of amides is 2. The maximum atomic E-state index is 12.7. The number of urea groups is 1. The van der Waals surface area contributed by atoms with Crippen molar-refractivity contribution >= 4 is 11.7 Å². The molecule has 0 saturated carbocycles. The lowest BCUT2D eigenvalue weighted by atomic mass is 10.1. The molecule has 3 aromatic rings. The Labute approximate surface area is 165 Å². The monoisotopic (exact) mass is 375 g/mol. The largest absolute Gasteiger partial charge is 0.322 e. The van der Waals surface area contributed by atoms with E-state index in [-0.39, 0.29) is 6.03 Å². The van der Waals surface area contributed by atoms with E-state index in [0.29, 0.717) is 13.1 Å². The second kappa shape index (κ2) is 7.86. The summed E-state index contributed by atoms with van der Waals surface area (Å²) in [5, 5.41) is 6.13. The van der Waals surface area contributed by atoms with Gasteiger partial charge in [0.1, 0.15) is 0 Å². The summed E-state index contributed by atoms with van der Waals surface area (Å²) in [5.41, 5.74) is 6.44. The minimum atomic E-state index is -0.0860. The summed E-state index contributed by atoms with van der Waals surface area (Å²) in [6, 6.07) is 16.2. The number of benzene rings is 2. The predicted molar refractivity (Wildman–Crippen MR) is 111 cm³/mol. The van der Waals surface area contributed by atoms with Crippen LogP contribution in [0.5, 0.6) is 0 Å². The van der Waals surface area contributed by atoms with Crippen molar-refractivity contribution in [3.05, 3.63) is 77.4 Å². The van der Waals surface area contributed by atoms with Crippen LogP contribution in [-0.2, 0) is 19.5 Å². The van der Waals surface area contributed by atoms with E-state index in [2.05, 4.69) is 51.4 Å². The first-order valence-corrected chi connectivity index (χ1v) is 9.55. The molecule has 0 fully saturated rings. The summed E-state index contributed by atoms with van der Waals surface area (Å²) in [5.74, 6) is 0. The van der Waals surface area contributed by atoms with Crippen molar-refractivity contribution in [1.29, 1.82) is 0 Å². The number of imidazole rings is 1. The Morgan fingerprint density at radius 3 is 2.79 bits per heavy atom. The van der Waals surface area contributed by atoms with Crippen LogP contribution in [0, 0.1) is 6.92 Å². The molecule has 6 heteroatoms. The molecular formula is C22H25N5O. The molecule has 0 saturated heterocycles. The van der Waals surface area contributed by atoms with Crippen LogP contribution >= 0.6 is 0 Å². The fraction of sp³-hybridized carbons (Fsp3) is 0.273. The molecule has 0 unspecified atom stereocenters. The third-order valence-electron chi connectivity index (χ3n) is 5.07. The second-order valence-electron chi connectivity index (χ2n) is 7.18. The van der Waals surface area contributed by atoms with Gasteiger partial charge in [-0.2, -0.15) is 0 Å². The first-order chi connectivity index (χ1) is 13.6. The van der Waals surface area contributed by atoms with Gasteiger partial charge in [-0.3, -0.25) is 0 Å². The van der Waals surface area contributed by atoms with Crippen molar-refractivity contribution in [1.82, 2.24) is 19.8 Å². The summed E-state index contributed by atoms with van der Waals surface area (Å²) < 4.78 is 2.13. The summed E-state index contributed by atoms with van der Waals surface area (Å²) >= 11 is 0. The molecule has 2 N–H and O–H groups in total. The maximum Gasteiger partial charge on any atom is 0.322 e. The first kappa shape index (κ1) is 18.3. The van der Waals surface area contributed by atoms with Crippen molar-refractivity contribution in [3.63, 3.8) is 0 Å². The van der Waals surface area contributed by atoms with Crippen LogP contribution in [0.25, 0.3) is 5.69 Å². The highest BCUT2D eigenvalue weighted by atomic mass is 16.2. The standard InChI is InChI=1S/C22H25N5O/c1-16-6-8-19(9-7-16)27-15-24-20-14-26(11-10-21(20)27)22(28)25-18-5-3-4-17(12-18)13-23-2/h3-9,12,15,23H,10-11,13-14H2,1-2H3,(H,25,28). The molecule has 144 valence electrons. The SMILES string of the molecule is CNCc1cccc(NC(=O)N2CCc3c(ncn3-c3ccc(C)cc3)C2)c1. The van der Waals surface area contributed by atoms with Crippen molar-refractivity contribution in [2.45, 2.75) is 26.4 Å². The summed E-state index contributed by atoms with van der Waals surface area (Å²) in [6.45, 7) is 4.05. The van der Waals surface area contributed by atoms with E-state index in [1.807, 2.05) is 42.5 Å². The Balaban J connectivity index is 1.46. The number of aryl methyl sites for hydroxylation is 1. The van der Waals surface area contributed by atoms with Gasteiger partial charge in [0.15, 0.2) is 0 Å². The van der Waals surface area contributed by atoms with Crippen molar-refractivity contribution in [2.24, 2.45) is 0 Å². The molecule has 0 radical (unpaired) electrons. The number of hydrogen-bond acceptors (Lipinski definition) is 3. The van der Waals surface area contributed by atoms with E-state index in [1.54, 1.807) is 0 Å². The average Bonchev–Trinajstić information content (AvgIpc) is 3.12. The first-order valence-electron chi connectivity index (χ1n) is 9.55. The zero-order valence-electron chi connectivity index (χ0n) is 16.3. The van der Waals surface area contributed by atoms with Gasteiger partial charge in [-0.1, -0.05) is 29.8 Å². The van der Waals surface area contributed by atoms with E-state index >= 15 is 0 Å². The highest BCUT2D eigenvalue weighted by molar-refractivity contribution is 5.89. The molecule has 4 rings (SSSR count). The molecule has 28 heavy (non-hydrogen) atoms. The number of rotatable bonds is 4. The topological polar surface area (TPSA) is 62.2 Å². The molecule has 2 aromatic carbocycles. The molecule has 0 spiro atoms. The van der Waals surface area contributed by atoms with Gasteiger partial charge < -0.3 is 20.1 Å². The Bertz CT molecular complexity index is 977. The third-order valence-corrected chi connectivity index (χ3v) is 5.07. The minimum Gasteiger partial charge on any atom is -0.318 e. The number of carbonyl (C=O) groups excluding carboxylic acids is 1. The third kappa shape index (κ3) is 3.77. The lowest BCUT2D eigenvalue weighted by molar-refractivity contribution is 0.205. The van der Waals surface area contributed by atoms with Crippen LogP contribution in [0.3, 0.4) is 0 Å². The van der Waals surface area contributed by atoms with Gasteiger partial charge in [-0.25, -0.2) is 9.78 Å². The highest BCUT2D eigenvalue weighted by Gasteiger charge is 2.24. The highest BCUT2D eigenvalue weighted by Crippen LogP contribution is 2.22. The lowest BCUT2D eigenvalue weighted by Crippen LogP contribution is -2.39. The summed E-state index contributed by atoms with van der Waals surface area (Å²) in [7, 11) is 1.91. The van der Waals surface area contributed by atoms with E-state index in [1.165, 1.54) is 11.3 Å². The molecule has 0 atom stereocenters. The van der Waals surface area contributed by atoms with Crippen LogP contribution in [0.1, 0.15) is 22.5 Å². The van der Waals surface area contributed by atoms with Crippen LogP contribution < -0.4 is 10.6 Å². The number of anilines is 1. The number of fused-ring (bicyclic) bond motifs is 1. The fourth-order valence-corrected chi connectivity index (χ4v) is 3.58. The van der Waals surface area contributed by atoms with E-state index < -0.39 is 0 Å². The van der Waals surface area contributed by atoms with Gasteiger partial charge in [0.25, 0.3) is 0 Å². The van der Waals surface area contributed by atoms with Crippen molar-refractivity contribution in [3.8, 4) is 5.69 Å². The number of nitrogens with one attached hydrogen (secondary N) is 2. The lowest BCUT2D eigenvalue weighted by Gasteiger charge is -2.27. The Hall–Kier alpha value is -3.12. The Morgan fingerprint density at radius 2 is 2.00 bits per heavy atom. The molecule has 0 bridgehead atoms. The van der Waals surface area contributed by atoms with Gasteiger partial charge in [0.2, 0.25) is 0 Å². The zero-order valence-corrected chi connectivity index (χ0v) is 16.3.